The zero-order valence-electron chi connectivity index (χ0n) is 19.0. The molecule has 2 fully saturated rings. The zero-order chi connectivity index (χ0) is 23.9. The lowest BCUT2D eigenvalue weighted by molar-refractivity contribution is 0.0736. The lowest BCUT2D eigenvalue weighted by Gasteiger charge is -2.19. The molecule has 3 aromatic rings. The Morgan fingerprint density at radius 3 is 2.80 bits per heavy atom. The molecule has 2 aromatic carbocycles. The fraction of sp³-hybridized carbons (Fsp3) is 0.440. The monoisotopic (exact) mass is 502 g/mol. The van der Waals surface area contributed by atoms with Gasteiger partial charge in [-0.3, -0.25) is 0 Å². The number of aliphatic hydroxyl groups is 1. The topological polar surface area (TPSA) is 106 Å². The normalized spacial score (nSPS) is 25.9. The van der Waals surface area contributed by atoms with Crippen molar-refractivity contribution in [2.45, 2.75) is 39.9 Å². The van der Waals surface area contributed by atoms with Crippen LogP contribution in [0.25, 0.3) is 10.9 Å². The lowest BCUT2D eigenvalue weighted by atomic mass is 10.1. The summed E-state index contributed by atoms with van der Waals surface area (Å²) in [6.45, 7) is 4.43. The summed E-state index contributed by atoms with van der Waals surface area (Å²) in [6, 6.07) is 7.86. The van der Waals surface area contributed by atoms with Crippen molar-refractivity contribution in [3.05, 3.63) is 48.0 Å². The van der Waals surface area contributed by atoms with Gasteiger partial charge in [0.1, 0.15) is 29.8 Å². The van der Waals surface area contributed by atoms with Gasteiger partial charge in [-0.05, 0) is 49.1 Å². The van der Waals surface area contributed by atoms with E-state index in [9.17, 15) is 13.7 Å². The number of nitrogens with zero attached hydrogens (tertiary/aromatic N) is 3. The molecule has 2 saturated heterocycles. The van der Waals surface area contributed by atoms with Gasteiger partial charge in [-0.25, -0.2) is 18.6 Å². The molecule has 0 saturated carbocycles. The smallest absolute Gasteiger partial charge is 0.150 e. The molecule has 3 heterocycles. The molecule has 0 radical (unpaired) electrons. The first-order valence-electron chi connectivity index (χ1n) is 11.3. The molecule has 0 spiro atoms. The van der Waals surface area contributed by atoms with Gasteiger partial charge < -0.3 is 19.9 Å². The number of aryl methyl sites for hydroxylation is 1. The Labute approximate surface area is 205 Å². The van der Waals surface area contributed by atoms with Gasteiger partial charge in [0.15, 0.2) is 6.10 Å². The Morgan fingerprint density at radius 1 is 1.26 bits per heavy atom. The summed E-state index contributed by atoms with van der Waals surface area (Å²) in [5.41, 5.74) is 2.68. The molecule has 35 heavy (non-hydrogen) atoms. The first-order chi connectivity index (χ1) is 16.3. The van der Waals surface area contributed by atoms with Gasteiger partial charge in [0, 0.05) is 23.0 Å². The standard InChI is InChI=1S/C24H27FN4O4S.CH4/c1-14-5-6-34(31,12-14)29-17-7-15(2)23-19(9-17)26-13-27-24(23)28-18-4-3-16(25)8-21(18)33-22-11-32-10-20(22)30;/h3-4,7-9,13-14,20,22,30H,5-6,10-12H2,1-2H3,(H,26,27,28);1H4/t14?,20-,22+,34?;/m0./s1. The summed E-state index contributed by atoms with van der Waals surface area (Å²) in [7, 11) is -2.24. The van der Waals surface area contributed by atoms with E-state index >= 15 is 0 Å². The summed E-state index contributed by atoms with van der Waals surface area (Å²) in [5, 5.41) is 14.0. The number of aliphatic hydroxyl groups excluding tert-OH is 1. The van der Waals surface area contributed by atoms with Crippen LogP contribution in [0.4, 0.5) is 21.6 Å². The molecule has 0 bridgehead atoms. The quantitative estimate of drug-likeness (QED) is 0.519. The van der Waals surface area contributed by atoms with E-state index in [1.807, 2.05) is 19.1 Å². The number of nitrogens with one attached hydrogen (secondary N) is 1. The van der Waals surface area contributed by atoms with Gasteiger partial charge in [0.05, 0.1) is 39.8 Å². The fourth-order valence-corrected chi connectivity index (χ4v) is 7.06. The highest BCUT2D eigenvalue weighted by Gasteiger charge is 2.29. The second kappa shape index (κ2) is 10.0. The van der Waals surface area contributed by atoms with Crippen LogP contribution in [0, 0.1) is 18.7 Å². The summed E-state index contributed by atoms with van der Waals surface area (Å²) >= 11 is 0. The summed E-state index contributed by atoms with van der Waals surface area (Å²) in [5.74, 6) is 1.97. The van der Waals surface area contributed by atoms with Gasteiger partial charge in [-0.15, -0.1) is 0 Å². The van der Waals surface area contributed by atoms with E-state index in [0.29, 0.717) is 40.1 Å². The molecular formula is C25H31FN4O4S. The highest BCUT2D eigenvalue weighted by Crippen LogP contribution is 2.35. The predicted octanol–water partition coefficient (Wildman–Crippen LogP) is 4.73. The number of anilines is 2. The molecule has 188 valence electrons. The van der Waals surface area contributed by atoms with Gasteiger partial charge in [-0.1, -0.05) is 14.4 Å². The van der Waals surface area contributed by atoms with Crippen LogP contribution in [0.2, 0.25) is 0 Å². The molecule has 8 nitrogen and oxygen atoms in total. The Bertz CT molecular complexity index is 1360. The van der Waals surface area contributed by atoms with Crippen LogP contribution in [0.1, 0.15) is 26.3 Å². The molecule has 2 N–H and O–H groups in total. The minimum atomic E-state index is -2.24. The van der Waals surface area contributed by atoms with Crippen molar-refractivity contribution in [1.29, 1.82) is 0 Å². The average molecular weight is 503 g/mol. The van der Waals surface area contributed by atoms with Crippen molar-refractivity contribution in [3.63, 3.8) is 0 Å². The molecular weight excluding hydrogens is 471 g/mol. The molecule has 2 aliphatic rings. The third-order valence-electron chi connectivity index (χ3n) is 6.14. The second-order valence-corrected chi connectivity index (χ2v) is 11.5. The lowest BCUT2D eigenvalue weighted by Crippen LogP contribution is -2.30. The van der Waals surface area contributed by atoms with Crippen LogP contribution in [0.15, 0.2) is 41.0 Å². The average Bonchev–Trinajstić information content (AvgIpc) is 3.34. The number of benzene rings is 2. The van der Waals surface area contributed by atoms with Crippen LogP contribution in [-0.4, -0.2) is 56.2 Å². The minimum absolute atomic E-state index is 0. The summed E-state index contributed by atoms with van der Waals surface area (Å²) in [4.78, 5) is 8.80. The Kier molecular flexibility index (Phi) is 7.25. The van der Waals surface area contributed by atoms with Crippen LogP contribution >= 0.6 is 0 Å². The van der Waals surface area contributed by atoms with E-state index in [1.54, 1.807) is 6.07 Å². The molecule has 2 unspecified atom stereocenters. The van der Waals surface area contributed by atoms with Crippen LogP contribution in [0.5, 0.6) is 5.75 Å². The fourth-order valence-electron chi connectivity index (χ4n) is 4.42. The molecule has 0 amide bonds. The Balaban J connectivity index is 0.00000289. The number of rotatable bonds is 5. The molecule has 10 heteroatoms. The van der Waals surface area contributed by atoms with Gasteiger partial charge in [-0.2, -0.15) is 4.36 Å². The highest BCUT2D eigenvalue weighted by molar-refractivity contribution is 7.94. The van der Waals surface area contributed by atoms with E-state index in [4.69, 9.17) is 9.47 Å². The molecule has 4 atom stereocenters. The van der Waals surface area contributed by atoms with Crippen molar-refractivity contribution >= 4 is 37.8 Å². The third-order valence-corrected chi connectivity index (χ3v) is 8.65. The van der Waals surface area contributed by atoms with Crippen molar-refractivity contribution in [3.8, 4) is 5.75 Å². The number of ether oxygens (including phenoxy) is 2. The predicted molar refractivity (Wildman–Crippen MR) is 136 cm³/mol. The van der Waals surface area contributed by atoms with E-state index < -0.39 is 27.8 Å². The molecule has 5 rings (SSSR count). The van der Waals surface area contributed by atoms with Crippen LogP contribution < -0.4 is 10.1 Å². The first kappa shape index (κ1) is 25.3. The maximum absolute atomic E-state index is 14.0. The Hall–Kier alpha value is -2.82. The number of halogens is 1. The summed E-state index contributed by atoms with van der Waals surface area (Å²) < 4.78 is 42.7. The molecule has 1 aromatic heterocycles. The number of fused-ring (bicyclic) bond motifs is 1. The van der Waals surface area contributed by atoms with Crippen LogP contribution in [0.3, 0.4) is 0 Å². The summed E-state index contributed by atoms with van der Waals surface area (Å²) in [6.07, 6.45) is 0.992. The second-order valence-electron chi connectivity index (χ2n) is 9.03. The maximum Gasteiger partial charge on any atom is 0.150 e. The number of hydrogen-bond acceptors (Lipinski definition) is 8. The molecule has 2 aliphatic heterocycles. The largest absolute Gasteiger partial charge is 0.483 e. The van der Waals surface area contributed by atoms with E-state index in [1.165, 1.54) is 18.5 Å². The number of hydrogen-bond donors (Lipinski definition) is 2. The minimum Gasteiger partial charge on any atom is -0.483 e. The maximum atomic E-state index is 14.0. The number of aromatic nitrogens is 2. The third kappa shape index (κ3) is 5.39. The van der Waals surface area contributed by atoms with Gasteiger partial charge in [0.2, 0.25) is 0 Å². The van der Waals surface area contributed by atoms with E-state index in [2.05, 4.69) is 26.6 Å². The van der Waals surface area contributed by atoms with E-state index in [0.717, 1.165) is 17.4 Å². The van der Waals surface area contributed by atoms with Gasteiger partial charge in [0.25, 0.3) is 0 Å². The van der Waals surface area contributed by atoms with Crippen molar-refractivity contribution in [2.24, 2.45) is 10.3 Å². The van der Waals surface area contributed by atoms with Crippen molar-refractivity contribution in [1.82, 2.24) is 9.97 Å². The zero-order valence-corrected chi connectivity index (χ0v) is 19.8. The van der Waals surface area contributed by atoms with Crippen molar-refractivity contribution < 1.29 is 23.2 Å². The van der Waals surface area contributed by atoms with Gasteiger partial charge >= 0.3 is 0 Å². The highest BCUT2D eigenvalue weighted by atomic mass is 32.2. The van der Waals surface area contributed by atoms with Crippen molar-refractivity contribution in [2.75, 3.05) is 30.0 Å². The first-order valence-corrected chi connectivity index (χ1v) is 13.1. The Morgan fingerprint density at radius 2 is 2.09 bits per heavy atom. The molecule has 0 aliphatic carbocycles. The van der Waals surface area contributed by atoms with E-state index in [-0.39, 0.29) is 26.4 Å². The van der Waals surface area contributed by atoms with Crippen LogP contribution in [-0.2, 0) is 14.5 Å². The SMILES string of the molecule is C.Cc1cc(N=S2(=O)CCC(C)C2)cc2ncnc(Nc3ccc(F)cc3O[C@@H]3COC[C@@H]3O)c12.